The lowest BCUT2D eigenvalue weighted by Gasteiger charge is -2.33. The van der Waals surface area contributed by atoms with Crippen molar-refractivity contribution in [2.75, 3.05) is 24.5 Å². The van der Waals surface area contributed by atoms with Crippen LogP contribution < -0.4 is 10.6 Å². The summed E-state index contributed by atoms with van der Waals surface area (Å²) in [7, 11) is 2.05. The Morgan fingerprint density at radius 3 is 2.67 bits per heavy atom. The maximum Gasteiger partial charge on any atom is 0.130 e. The highest BCUT2D eigenvalue weighted by Gasteiger charge is 2.24. The van der Waals surface area contributed by atoms with Crippen molar-refractivity contribution in [2.45, 2.75) is 39.5 Å². The molecule has 2 N–H and O–H groups in total. The second kappa shape index (κ2) is 5.74. The Kier molecular flexibility index (Phi) is 4.27. The van der Waals surface area contributed by atoms with Crippen LogP contribution in [0.1, 0.15) is 37.4 Å². The molecule has 1 aliphatic rings. The quantitative estimate of drug-likeness (QED) is 0.838. The summed E-state index contributed by atoms with van der Waals surface area (Å²) in [4.78, 5) is 2.48. The molecule has 1 heterocycles. The van der Waals surface area contributed by atoms with Gasteiger partial charge in [-0.2, -0.15) is 5.10 Å². The fraction of sp³-hybridized carbons (Fsp3) is 0.786. The Morgan fingerprint density at radius 2 is 2.17 bits per heavy atom. The molecule has 0 amide bonds. The van der Waals surface area contributed by atoms with Crippen LogP contribution in [0.3, 0.4) is 0 Å². The molecule has 4 nitrogen and oxygen atoms in total. The summed E-state index contributed by atoms with van der Waals surface area (Å²) in [5.74, 6) is 2.17. The smallest absolute Gasteiger partial charge is 0.130 e. The predicted octanol–water partition coefficient (Wildman–Crippen LogP) is 1.86. The second-order valence-electron chi connectivity index (χ2n) is 5.39. The Bertz CT molecular complexity index is 393. The number of aryl methyl sites for hydroxylation is 2. The molecule has 0 aliphatic heterocycles. The summed E-state index contributed by atoms with van der Waals surface area (Å²) in [6, 6.07) is 0. The lowest BCUT2D eigenvalue weighted by molar-refractivity contribution is 0.317. The van der Waals surface area contributed by atoms with Gasteiger partial charge in [0.15, 0.2) is 0 Å². The van der Waals surface area contributed by atoms with Crippen LogP contribution in [-0.4, -0.2) is 29.4 Å². The van der Waals surface area contributed by atoms with E-state index in [0.717, 1.165) is 24.6 Å². The number of nitrogens with zero attached hydrogens (tertiary/aromatic N) is 3. The van der Waals surface area contributed by atoms with E-state index in [0.29, 0.717) is 6.54 Å². The van der Waals surface area contributed by atoms with Gasteiger partial charge in [-0.05, 0) is 45.6 Å². The molecular weight excluding hydrogens is 224 g/mol. The van der Waals surface area contributed by atoms with Crippen molar-refractivity contribution in [2.24, 2.45) is 18.7 Å². The van der Waals surface area contributed by atoms with E-state index in [1.54, 1.807) is 0 Å². The van der Waals surface area contributed by atoms with Crippen LogP contribution in [-0.2, 0) is 13.5 Å². The van der Waals surface area contributed by atoms with Crippen LogP contribution in [0.2, 0.25) is 0 Å². The SMILES string of the molecule is CCN(CC1CCC1)c1c(CCN)c(C)nn1C. The molecule has 1 saturated carbocycles. The Balaban J connectivity index is 2.21. The van der Waals surface area contributed by atoms with Crippen LogP contribution in [0.15, 0.2) is 0 Å². The van der Waals surface area contributed by atoms with Crippen LogP contribution in [0, 0.1) is 12.8 Å². The lowest BCUT2D eigenvalue weighted by Crippen LogP contribution is -2.34. The van der Waals surface area contributed by atoms with E-state index in [2.05, 4.69) is 23.8 Å². The van der Waals surface area contributed by atoms with Gasteiger partial charge in [-0.3, -0.25) is 4.68 Å². The monoisotopic (exact) mass is 250 g/mol. The van der Waals surface area contributed by atoms with E-state index in [9.17, 15) is 0 Å². The van der Waals surface area contributed by atoms with Gasteiger partial charge in [-0.25, -0.2) is 0 Å². The van der Waals surface area contributed by atoms with Crippen molar-refractivity contribution >= 4 is 5.82 Å². The number of rotatable bonds is 6. The number of nitrogens with two attached hydrogens (primary N) is 1. The molecule has 1 aromatic rings. The molecule has 0 aromatic carbocycles. The minimum absolute atomic E-state index is 0.695. The summed E-state index contributed by atoms with van der Waals surface area (Å²) in [5.41, 5.74) is 8.20. The molecule has 0 bridgehead atoms. The Hall–Kier alpha value is -1.03. The highest BCUT2D eigenvalue weighted by molar-refractivity contribution is 5.50. The largest absolute Gasteiger partial charge is 0.357 e. The van der Waals surface area contributed by atoms with Gasteiger partial charge in [0.2, 0.25) is 0 Å². The van der Waals surface area contributed by atoms with Gasteiger partial charge < -0.3 is 10.6 Å². The average Bonchev–Trinajstić information content (AvgIpc) is 2.55. The van der Waals surface area contributed by atoms with E-state index in [1.807, 2.05) is 11.7 Å². The minimum atomic E-state index is 0.695. The zero-order valence-electron chi connectivity index (χ0n) is 11.9. The topological polar surface area (TPSA) is 47.1 Å². The van der Waals surface area contributed by atoms with Gasteiger partial charge in [0.05, 0.1) is 5.69 Å². The summed E-state index contributed by atoms with van der Waals surface area (Å²) in [6.07, 6.45) is 5.11. The molecule has 0 saturated heterocycles. The highest BCUT2D eigenvalue weighted by Crippen LogP contribution is 2.30. The fourth-order valence-electron chi connectivity index (χ4n) is 2.87. The first kappa shape index (κ1) is 13.4. The Labute approximate surface area is 110 Å². The molecule has 18 heavy (non-hydrogen) atoms. The van der Waals surface area contributed by atoms with Gasteiger partial charge in [-0.15, -0.1) is 0 Å². The molecule has 4 heteroatoms. The van der Waals surface area contributed by atoms with Crippen LogP contribution in [0.4, 0.5) is 5.82 Å². The van der Waals surface area contributed by atoms with Crippen molar-refractivity contribution in [3.63, 3.8) is 0 Å². The van der Waals surface area contributed by atoms with Crippen molar-refractivity contribution < 1.29 is 0 Å². The molecule has 0 spiro atoms. The molecule has 102 valence electrons. The number of hydrogen-bond donors (Lipinski definition) is 1. The molecule has 1 aliphatic carbocycles. The van der Waals surface area contributed by atoms with E-state index in [-0.39, 0.29) is 0 Å². The standard InChI is InChI=1S/C14H26N4/c1-4-18(10-12-6-5-7-12)14-13(8-9-15)11(2)16-17(14)3/h12H,4-10,15H2,1-3H3. The van der Waals surface area contributed by atoms with E-state index in [1.165, 1.54) is 37.2 Å². The third kappa shape index (κ3) is 2.53. The normalized spacial score (nSPS) is 15.8. The maximum atomic E-state index is 5.73. The van der Waals surface area contributed by atoms with Gasteiger partial charge in [0, 0.05) is 25.7 Å². The molecule has 0 unspecified atom stereocenters. The van der Waals surface area contributed by atoms with Crippen LogP contribution in [0.25, 0.3) is 0 Å². The summed E-state index contributed by atoms with van der Waals surface area (Å²) < 4.78 is 2.03. The first-order valence-corrected chi connectivity index (χ1v) is 7.14. The van der Waals surface area contributed by atoms with Crippen LogP contribution >= 0.6 is 0 Å². The Morgan fingerprint density at radius 1 is 1.44 bits per heavy atom. The summed E-state index contributed by atoms with van der Waals surface area (Å²) >= 11 is 0. The molecular formula is C14H26N4. The number of anilines is 1. The van der Waals surface area contributed by atoms with Gasteiger partial charge in [-0.1, -0.05) is 6.42 Å². The van der Waals surface area contributed by atoms with Gasteiger partial charge >= 0.3 is 0 Å². The minimum Gasteiger partial charge on any atom is -0.357 e. The van der Waals surface area contributed by atoms with Crippen molar-refractivity contribution in [1.29, 1.82) is 0 Å². The van der Waals surface area contributed by atoms with Gasteiger partial charge in [0.25, 0.3) is 0 Å². The maximum absolute atomic E-state index is 5.73. The van der Waals surface area contributed by atoms with Crippen molar-refractivity contribution in [3.05, 3.63) is 11.3 Å². The lowest BCUT2D eigenvalue weighted by atomic mass is 9.85. The molecule has 0 radical (unpaired) electrons. The molecule has 0 atom stereocenters. The highest BCUT2D eigenvalue weighted by atomic mass is 15.4. The number of hydrogen-bond acceptors (Lipinski definition) is 3. The average molecular weight is 250 g/mol. The first-order chi connectivity index (χ1) is 8.67. The second-order valence-corrected chi connectivity index (χ2v) is 5.39. The summed E-state index contributed by atoms with van der Waals surface area (Å²) in [6.45, 7) is 7.24. The third-order valence-electron chi connectivity index (χ3n) is 4.09. The van der Waals surface area contributed by atoms with E-state index in [4.69, 9.17) is 5.73 Å². The molecule has 2 rings (SSSR count). The van der Waals surface area contributed by atoms with E-state index < -0.39 is 0 Å². The van der Waals surface area contributed by atoms with E-state index >= 15 is 0 Å². The molecule has 1 fully saturated rings. The zero-order valence-corrected chi connectivity index (χ0v) is 11.9. The van der Waals surface area contributed by atoms with Crippen molar-refractivity contribution in [1.82, 2.24) is 9.78 Å². The fourth-order valence-corrected chi connectivity index (χ4v) is 2.87. The predicted molar refractivity (Wildman–Crippen MR) is 75.9 cm³/mol. The van der Waals surface area contributed by atoms with Crippen LogP contribution in [0.5, 0.6) is 0 Å². The number of aromatic nitrogens is 2. The van der Waals surface area contributed by atoms with Gasteiger partial charge in [0.1, 0.15) is 5.82 Å². The first-order valence-electron chi connectivity index (χ1n) is 7.14. The summed E-state index contributed by atoms with van der Waals surface area (Å²) in [5, 5.41) is 4.57. The molecule has 1 aromatic heterocycles. The van der Waals surface area contributed by atoms with Crippen molar-refractivity contribution in [3.8, 4) is 0 Å². The third-order valence-corrected chi connectivity index (χ3v) is 4.09. The zero-order chi connectivity index (χ0) is 13.1.